The lowest BCUT2D eigenvalue weighted by molar-refractivity contribution is -0.149. The largest absolute Gasteiger partial charge is 0.481 e. The van der Waals surface area contributed by atoms with Crippen LogP contribution in [0.2, 0.25) is 0 Å². The fourth-order valence-corrected chi connectivity index (χ4v) is 3.19. The molecular formula is C13H23NO3. The van der Waals surface area contributed by atoms with Crippen LogP contribution in [-0.2, 0) is 9.53 Å². The van der Waals surface area contributed by atoms with Gasteiger partial charge in [0, 0.05) is 19.2 Å². The molecule has 2 aliphatic rings. The van der Waals surface area contributed by atoms with Crippen LogP contribution in [0.4, 0.5) is 0 Å². The van der Waals surface area contributed by atoms with E-state index < -0.39 is 11.4 Å². The third kappa shape index (κ3) is 2.63. The molecule has 1 N–H and O–H groups in total. The first-order valence-electron chi connectivity index (χ1n) is 6.73. The summed E-state index contributed by atoms with van der Waals surface area (Å²) in [5, 5.41) is 9.45. The molecule has 2 unspecified atom stereocenters. The minimum Gasteiger partial charge on any atom is -0.481 e. The summed E-state index contributed by atoms with van der Waals surface area (Å²) in [5.74, 6) is -0.612. The van der Waals surface area contributed by atoms with E-state index in [0.717, 1.165) is 51.9 Å². The van der Waals surface area contributed by atoms with Crippen molar-refractivity contribution in [3.63, 3.8) is 0 Å². The highest BCUT2D eigenvalue weighted by Gasteiger charge is 2.45. The second-order valence-corrected chi connectivity index (χ2v) is 5.43. The van der Waals surface area contributed by atoms with E-state index in [4.69, 9.17) is 4.74 Å². The van der Waals surface area contributed by atoms with Crippen molar-refractivity contribution in [2.45, 2.75) is 45.1 Å². The fraction of sp³-hybridized carbons (Fsp3) is 0.923. The summed E-state index contributed by atoms with van der Waals surface area (Å²) in [7, 11) is 0. The van der Waals surface area contributed by atoms with Gasteiger partial charge in [0.25, 0.3) is 0 Å². The molecule has 2 atom stereocenters. The molecule has 0 spiro atoms. The number of likely N-dealkylation sites (tertiary alicyclic amines) is 1. The molecule has 0 aromatic heterocycles. The quantitative estimate of drug-likeness (QED) is 0.814. The highest BCUT2D eigenvalue weighted by atomic mass is 16.5. The van der Waals surface area contributed by atoms with E-state index in [1.807, 2.05) is 0 Å². The summed E-state index contributed by atoms with van der Waals surface area (Å²) >= 11 is 0. The van der Waals surface area contributed by atoms with Crippen molar-refractivity contribution < 1.29 is 14.6 Å². The lowest BCUT2D eigenvalue weighted by Gasteiger charge is -2.32. The predicted molar refractivity (Wildman–Crippen MR) is 65.0 cm³/mol. The van der Waals surface area contributed by atoms with E-state index in [1.165, 1.54) is 0 Å². The van der Waals surface area contributed by atoms with Gasteiger partial charge < -0.3 is 9.84 Å². The van der Waals surface area contributed by atoms with Crippen molar-refractivity contribution in [2.24, 2.45) is 5.41 Å². The highest BCUT2D eigenvalue weighted by molar-refractivity contribution is 5.75. The van der Waals surface area contributed by atoms with E-state index >= 15 is 0 Å². The van der Waals surface area contributed by atoms with Crippen LogP contribution in [0.25, 0.3) is 0 Å². The Bertz CT molecular complexity index is 276. The molecule has 0 radical (unpaired) electrons. The zero-order chi connectivity index (χ0) is 12.3. The van der Waals surface area contributed by atoms with Gasteiger partial charge in [-0.2, -0.15) is 0 Å². The zero-order valence-corrected chi connectivity index (χ0v) is 10.7. The third-order valence-electron chi connectivity index (χ3n) is 4.22. The Hall–Kier alpha value is -0.610. The molecular weight excluding hydrogens is 218 g/mol. The van der Waals surface area contributed by atoms with Gasteiger partial charge in [-0.1, -0.05) is 13.3 Å². The Morgan fingerprint density at radius 1 is 1.59 bits per heavy atom. The summed E-state index contributed by atoms with van der Waals surface area (Å²) in [5.41, 5.74) is -0.494. The van der Waals surface area contributed by atoms with Gasteiger partial charge in [-0.3, -0.25) is 9.69 Å². The van der Waals surface area contributed by atoms with Crippen LogP contribution in [0.1, 0.15) is 39.0 Å². The van der Waals surface area contributed by atoms with Gasteiger partial charge in [0.1, 0.15) is 0 Å². The molecule has 0 aromatic carbocycles. The third-order valence-corrected chi connectivity index (χ3v) is 4.22. The van der Waals surface area contributed by atoms with Gasteiger partial charge in [0.15, 0.2) is 0 Å². The summed E-state index contributed by atoms with van der Waals surface area (Å²) in [6.45, 7) is 5.34. The van der Waals surface area contributed by atoms with Crippen LogP contribution >= 0.6 is 0 Å². The van der Waals surface area contributed by atoms with Gasteiger partial charge in [-0.15, -0.1) is 0 Å². The summed E-state index contributed by atoms with van der Waals surface area (Å²) in [6.07, 6.45) is 4.80. The molecule has 2 heterocycles. The Labute approximate surface area is 103 Å². The Kier molecular flexibility index (Phi) is 4.05. The lowest BCUT2D eigenvalue weighted by atomic mass is 9.82. The van der Waals surface area contributed by atoms with E-state index in [0.29, 0.717) is 12.6 Å². The normalized spacial score (nSPS) is 35.0. The minimum absolute atomic E-state index is 0.446. The average molecular weight is 241 g/mol. The maximum atomic E-state index is 11.5. The predicted octanol–water partition coefficient (Wildman–Crippen LogP) is 1.74. The maximum Gasteiger partial charge on any atom is 0.310 e. The number of ether oxygens (including phenoxy) is 1. The molecule has 2 saturated heterocycles. The van der Waals surface area contributed by atoms with Crippen molar-refractivity contribution in [3.05, 3.63) is 0 Å². The number of nitrogens with zero attached hydrogens (tertiary/aromatic N) is 1. The van der Waals surface area contributed by atoms with E-state index in [2.05, 4.69) is 11.8 Å². The first kappa shape index (κ1) is 12.8. The number of carboxylic acid groups (broad SMARTS) is 1. The van der Waals surface area contributed by atoms with Gasteiger partial charge in [0.05, 0.1) is 12.0 Å². The number of hydrogen-bond acceptors (Lipinski definition) is 3. The molecule has 4 heteroatoms. The number of aliphatic carboxylic acids is 1. The number of rotatable bonds is 4. The molecule has 4 nitrogen and oxygen atoms in total. The van der Waals surface area contributed by atoms with Gasteiger partial charge >= 0.3 is 5.97 Å². The zero-order valence-electron chi connectivity index (χ0n) is 10.7. The Balaban J connectivity index is 1.98. The number of carbonyl (C=O) groups is 1. The summed E-state index contributed by atoms with van der Waals surface area (Å²) in [6, 6.07) is 0.446. The van der Waals surface area contributed by atoms with Crippen LogP contribution in [0, 0.1) is 5.41 Å². The summed E-state index contributed by atoms with van der Waals surface area (Å²) in [4.78, 5) is 13.8. The molecule has 0 aromatic rings. The number of hydrogen-bond donors (Lipinski definition) is 1. The van der Waals surface area contributed by atoms with Crippen molar-refractivity contribution in [2.75, 3.05) is 26.3 Å². The smallest absolute Gasteiger partial charge is 0.310 e. The molecule has 0 saturated carbocycles. The lowest BCUT2D eigenvalue weighted by Crippen LogP contribution is -2.42. The van der Waals surface area contributed by atoms with Crippen LogP contribution < -0.4 is 0 Å². The second kappa shape index (κ2) is 5.36. The fourth-order valence-electron chi connectivity index (χ4n) is 3.19. The van der Waals surface area contributed by atoms with Gasteiger partial charge in [0.2, 0.25) is 0 Å². The van der Waals surface area contributed by atoms with E-state index in [-0.39, 0.29) is 0 Å². The molecule has 17 heavy (non-hydrogen) atoms. The average Bonchev–Trinajstić information content (AvgIpc) is 2.76. The molecule has 0 aliphatic carbocycles. The van der Waals surface area contributed by atoms with Crippen molar-refractivity contribution in [1.82, 2.24) is 4.90 Å². The van der Waals surface area contributed by atoms with Crippen LogP contribution in [0.3, 0.4) is 0 Å². The van der Waals surface area contributed by atoms with Crippen molar-refractivity contribution >= 4 is 5.97 Å². The van der Waals surface area contributed by atoms with Crippen LogP contribution in [-0.4, -0.2) is 48.3 Å². The minimum atomic E-state index is -0.612. The first-order valence-corrected chi connectivity index (χ1v) is 6.73. The monoisotopic (exact) mass is 241 g/mol. The SMILES string of the molecule is CCCC1(C(=O)O)CCN(C2CCCOC2)C1. The summed E-state index contributed by atoms with van der Waals surface area (Å²) < 4.78 is 5.49. The highest BCUT2D eigenvalue weighted by Crippen LogP contribution is 2.37. The van der Waals surface area contributed by atoms with Crippen LogP contribution in [0.5, 0.6) is 0 Å². The van der Waals surface area contributed by atoms with Crippen molar-refractivity contribution in [1.29, 1.82) is 0 Å². The molecule has 2 aliphatic heterocycles. The standard InChI is InChI=1S/C13H23NO3/c1-2-5-13(12(15)16)6-7-14(10-13)11-4-3-8-17-9-11/h11H,2-10H2,1H3,(H,15,16). The van der Waals surface area contributed by atoms with Crippen LogP contribution in [0.15, 0.2) is 0 Å². The van der Waals surface area contributed by atoms with Gasteiger partial charge in [-0.25, -0.2) is 0 Å². The Morgan fingerprint density at radius 2 is 2.41 bits per heavy atom. The van der Waals surface area contributed by atoms with Crippen molar-refractivity contribution in [3.8, 4) is 0 Å². The number of carboxylic acids is 1. The Morgan fingerprint density at radius 3 is 3.00 bits per heavy atom. The molecule has 0 bridgehead atoms. The molecule has 2 rings (SSSR count). The first-order chi connectivity index (χ1) is 8.18. The molecule has 98 valence electrons. The van der Waals surface area contributed by atoms with E-state index in [1.54, 1.807) is 0 Å². The molecule has 0 amide bonds. The van der Waals surface area contributed by atoms with Gasteiger partial charge in [-0.05, 0) is 32.2 Å². The maximum absolute atomic E-state index is 11.5. The molecule has 2 fully saturated rings. The topological polar surface area (TPSA) is 49.8 Å². The second-order valence-electron chi connectivity index (χ2n) is 5.43. The van der Waals surface area contributed by atoms with E-state index in [9.17, 15) is 9.90 Å².